The van der Waals surface area contributed by atoms with Crippen LogP contribution in [-0.4, -0.2) is 11.1 Å². The second-order valence-electron chi connectivity index (χ2n) is 4.89. The molecule has 3 heteroatoms. The van der Waals surface area contributed by atoms with E-state index in [1.807, 2.05) is 42.5 Å². The van der Waals surface area contributed by atoms with Crippen LogP contribution >= 0.6 is 0 Å². The highest BCUT2D eigenvalue weighted by atomic mass is 16.5. The Kier molecular flexibility index (Phi) is 3.32. The fraction of sp³-hybridized carbons (Fsp3) is 0.0556. The third kappa shape index (κ3) is 2.72. The second-order valence-corrected chi connectivity index (χ2v) is 4.89. The maximum atomic E-state index is 11.0. The number of hydrogen-bond donors (Lipinski definition) is 1. The third-order valence-electron chi connectivity index (χ3n) is 3.38. The smallest absolute Gasteiger partial charge is 0.335 e. The van der Waals surface area contributed by atoms with Crippen molar-refractivity contribution in [3.05, 3.63) is 71.8 Å². The quantitative estimate of drug-likeness (QED) is 0.759. The largest absolute Gasteiger partial charge is 0.478 e. The summed E-state index contributed by atoms with van der Waals surface area (Å²) in [5, 5.41) is 11.3. The van der Waals surface area contributed by atoms with E-state index < -0.39 is 5.97 Å². The van der Waals surface area contributed by atoms with E-state index in [2.05, 4.69) is 0 Å². The van der Waals surface area contributed by atoms with Crippen molar-refractivity contribution in [1.29, 1.82) is 0 Å². The summed E-state index contributed by atoms with van der Waals surface area (Å²) in [6.45, 7) is 1.76. The lowest BCUT2D eigenvalue weighted by Crippen LogP contribution is -1.99. The first kappa shape index (κ1) is 13.2. The Bertz CT molecular complexity index is 822. The molecule has 0 amide bonds. The monoisotopic (exact) mass is 278 g/mol. The molecule has 104 valence electrons. The highest BCUT2D eigenvalue weighted by Crippen LogP contribution is 2.27. The van der Waals surface area contributed by atoms with Gasteiger partial charge in [-0.2, -0.15) is 0 Å². The first-order valence-electron chi connectivity index (χ1n) is 6.64. The molecule has 0 saturated carbocycles. The van der Waals surface area contributed by atoms with Crippen molar-refractivity contribution in [3.63, 3.8) is 0 Å². The topological polar surface area (TPSA) is 46.5 Å². The number of hydrogen-bond acceptors (Lipinski definition) is 2. The predicted molar refractivity (Wildman–Crippen MR) is 82.2 cm³/mol. The molecule has 0 bridgehead atoms. The minimum absolute atomic E-state index is 0.292. The minimum Gasteiger partial charge on any atom is -0.478 e. The Morgan fingerprint density at radius 3 is 2.29 bits per heavy atom. The van der Waals surface area contributed by atoms with Gasteiger partial charge in [0.15, 0.2) is 0 Å². The van der Waals surface area contributed by atoms with E-state index in [1.54, 1.807) is 25.1 Å². The van der Waals surface area contributed by atoms with Crippen molar-refractivity contribution in [3.8, 4) is 11.5 Å². The van der Waals surface area contributed by atoms with Gasteiger partial charge in [0.05, 0.1) is 5.56 Å². The molecule has 0 atom stereocenters. The highest BCUT2D eigenvalue weighted by Gasteiger charge is 2.08. The first-order chi connectivity index (χ1) is 10.1. The zero-order valence-corrected chi connectivity index (χ0v) is 11.5. The van der Waals surface area contributed by atoms with Crippen molar-refractivity contribution in [2.45, 2.75) is 6.92 Å². The van der Waals surface area contributed by atoms with Crippen molar-refractivity contribution in [2.75, 3.05) is 0 Å². The molecule has 0 aromatic heterocycles. The van der Waals surface area contributed by atoms with Gasteiger partial charge in [-0.15, -0.1) is 0 Å². The van der Waals surface area contributed by atoms with Crippen LogP contribution in [0.5, 0.6) is 11.5 Å². The van der Waals surface area contributed by atoms with Gasteiger partial charge >= 0.3 is 5.97 Å². The van der Waals surface area contributed by atoms with Crippen LogP contribution < -0.4 is 4.74 Å². The summed E-state index contributed by atoms with van der Waals surface area (Å²) in [7, 11) is 0. The third-order valence-corrected chi connectivity index (χ3v) is 3.38. The lowest BCUT2D eigenvalue weighted by molar-refractivity contribution is 0.0696. The molecule has 0 spiro atoms. The number of ether oxygens (including phenoxy) is 1. The van der Waals surface area contributed by atoms with Gasteiger partial charge in [-0.25, -0.2) is 4.79 Å². The van der Waals surface area contributed by atoms with Crippen molar-refractivity contribution in [2.24, 2.45) is 0 Å². The minimum atomic E-state index is -0.926. The number of rotatable bonds is 3. The molecule has 0 aliphatic carbocycles. The van der Waals surface area contributed by atoms with Crippen LogP contribution in [0.3, 0.4) is 0 Å². The molecule has 3 aromatic rings. The lowest BCUT2D eigenvalue weighted by Gasteiger charge is -2.09. The summed E-state index contributed by atoms with van der Waals surface area (Å²) >= 11 is 0. The first-order valence-corrected chi connectivity index (χ1v) is 6.64. The maximum absolute atomic E-state index is 11.0. The predicted octanol–water partition coefficient (Wildman–Crippen LogP) is 4.64. The molecule has 0 heterocycles. The standard InChI is InChI=1S/C18H14O3/c1-12-10-15(8-9-17(12)18(19)20)21-16-7-6-13-4-2-3-5-14(13)11-16/h2-11H,1H3,(H,19,20). The van der Waals surface area contributed by atoms with Crippen LogP contribution in [0.25, 0.3) is 10.8 Å². The molecule has 3 rings (SSSR count). The van der Waals surface area contributed by atoms with Crippen molar-refractivity contribution < 1.29 is 14.6 Å². The van der Waals surface area contributed by atoms with Crippen LogP contribution in [0.15, 0.2) is 60.7 Å². The molecule has 21 heavy (non-hydrogen) atoms. The molecule has 0 radical (unpaired) electrons. The van der Waals surface area contributed by atoms with Gasteiger partial charge in [-0.1, -0.05) is 30.3 Å². The highest BCUT2D eigenvalue weighted by molar-refractivity contribution is 5.89. The summed E-state index contributed by atoms with van der Waals surface area (Å²) in [5.74, 6) is 0.439. The van der Waals surface area contributed by atoms with Crippen molar-refractivity contribution >= 4 is 16.7 Å². The van der Waals surface area contributed by atoms with Crippen LogP contribution in [0.1, 0.15) is 15.9 Å². The van der Waals surface area contributed by atoms with E-state index in [0.29, 0.717) is 16.9 Å². The second kappa shape index (κ2) is 5.29. The Hall–Kier alpha value is -2.81. The summed E-state index contributed by atoms with van der Waals surface area (Å²) in [4.78, 5) is 11.0. The van der Waals surface area contributed by atoms with Crippen LogP contribution in [0.4, 0.5) is 0 Å². The van der Waals surface area contributed by atoms with Gasteiger partial charge in [-0.05, 0) is 53.6 Å². The summed E-state index contributed by atoms with van der Waals surface area (Å²) in [6.07, 6.45) is 0. The molecular formula is C18H14O3. The van der Waals surface area contributed by atoms with Gasteiger partial charge in [0.1, 0.15) is 11.5 Å². The van der Waals surface area contributed by atoms with Crippen LogP contribution in [-0.2, 0) is 0 Å². The molecule has 0 fully saturated rings. The van der Waals surface area contributed by atoms with E-state index in [9.17, 15) is 4.79 Å². The molecule has 3 nitrogen and oxygen atoms in total. The molecule has 0 unspecified atom stereocenters. The zero-order chi connectivity index (χ0) is 14.8. The Labute approximate surface area is 122 Å². The summed E-state index contributed by atoms with van der Waals surface area (Å²) in [6, 6.07) is 18.9. The fourth-order valence-corrected chi connectivity index (χ4v) is 2.31. The van der Waals surface area contributed by atoms with Gasteiger partial charge in [0.2, 0.25) is 0 Å². The van der Waals surface area contributed by atoms with Gasteiger partial charge in [-0.3, -0.25) is 0 Å². The van der Waals surface area contributed by atoms with Gasteiger partial charge in [0.25, 0.3) is 0 Å². The van der Waals surface area contributed by atoms with E-state index in [1.165, 1.54) is 0 Å². The molecule has 0 saturated heterocycles. The molecule has 0 aliphatic heterocycles. The normalized spacial score (nSPS) is 10.5. The lowest BCUT2D eigenvalue weighted by atomic mass is 10.1. The number of carbonyl (C=O) groups is 1. The van der Waals surface area contributed by atoms with Crippen LogP contribution in [0, 0.1) is 6.92 Å². The number of benzene rings is 3. The SMILES string of the molecule is Cc1cc(Oc2ccc3ccccc3c2)ccc1C(=O)O. The van der Waals surface area contributed by atoms with E-state index in [0.717, 1.165) is 16.5 Å². The van der Waals surface area contributed by atoms with E-state index in [4.69, 9.17) is 9.84 Å². The number of aromatic carboxylic acids is 1. The number of aryl methyl sites for hydroxylation is 1. The van der Waals surface area contributed by atoms with Crippen LogP contribution in [0.2, 0.25) is 0 Å². The Balaban J connectivity index is 1.91. The molecular weight excluding hydrogens is 264 g/mol. The average molecular weight is 278 g/mol. The van der Waals surface area contributed by atoms with E-state index in [-0.39, 0.29) is 0 Å². The number of carboxylic acids is 1. The summed E-state index contributed by atoms with van der Waals surface area (Å²) in [5.41, 5.74) is 0.974. The molecule has 3 aromatic carbocycles. The number of carboxylic acid groups (broad SMARTS) is 1. The molecule has 0 aliphatic rings. The Morgan fingerprint density at radius 2 is 1.57 bits per heavy atom. The fourth-order valence-electron chi connectivity index (χ4n) is 2.31. The zero-order valence-electron chi connectivity index (χ0n) is 11.5. The average Bonchev–Trinajstić information content (AvgIpc) is 2.47. The summed E-state index contributed by atoms with van der Waals surface area (Å²) < 4.78 is 5.81. The van der Waals surface area contributed by atoms with Crippen molar-refractivity contribution in [1.82, 2.24) is 0 Å². The van der Waals surface area contributed by atoms with Gasteiger partial charge in [0, 0.05) is 0 Å². The van der Waals surface area contributed by atoms with E-state index >= 15 is 0 Å². The Morgan fingerprint density at radius 1 is 0.905 bits per heavy atom. The maximum Gasteiger partial charge on any atom is 0.335 e. The van der Waals surface area contributed by atoms with Gasteiger partial charge < -0.3 is 9.84 Å². The number of fused-ring (bicyclic) bond motifs is 1. The molecule has 1 N–H and O–H groups in total.